The summed E-state index contributed by atoms with van der Waals surface area (Å²) < 4.78 is 20.1. The van der Waals surface area contributed by atoms with Gasteiger partial charge in [-0.05, 0) is 0 Å². The Bertz CT molecular complexity index is 116. The van der Waals surface area contributed by atoms with Gasteiger partial charge in [-0.3, -0.25) is 0 Å². The van der Waals surface area contributed by atoms with Crippen molar-refractivity contribution in [2.24, 2.45) is 0 Å². The summed E-state index contributed by atoms with van der Waals surface area (Å²) in [5, 5.41) is 0. The van der Waals surface area contributed by atoms with Crippen LogP contribution in [0.4, 0.5) is 0 Å². The Morgan fingerprint density at radius 2 is 1.75 bits per heavy atom. The Morgan fingerprint density at radius 3 is 2.08 bits per heavy atom. The molecule has 0 aliphatic heterocycles. The quantitative estimate of drug-likeness (QED) is 0.330. The van der Waals surface area contributed by atoms with E-state index in [4.69, 9.17) is 18.6 Å². The summed E-state index contributed by atoms with van der Waals surface area (Å²) in [6.45, 7) is 3.75. The van der Waals surface area contributed by atoms with E-state index in [0.717, 1.165) is 0 Å². The van der Waals surface area contributed by atoms with E-state index in [1.807, 2.05) is 0 Å². The molecule has 0 unspecified atom stereocenters. The van der Waals surface area contributed by atoms with E-state index in [0.29, 0.717) is 0 Å². The lowest BCUT2D eigenvalue weighted by molar-refractivity contribution is -0.361. The number of hydrogen-bond donors (Lipinski definition) is 0. The normalized spacial score (nSPS) is 11.6. The topological polar surface area (TPSA) is 36.9 Å². The summed E-state index contributed by atoms with van der Waals surface area (Å²) in [5.74, 6) is -1.09. The first kappa shape index (κ1) is 11.8. The molecule has 0 N–H and O–H groups in total. The number of rotatable bonds is 7. The van der Waals surface area contributed by atoms with Crippen LogP contribution in [0, 0.1) is 0 Å². The molecule has 0 heterocycles. The molecule has 5 heteroatoms. The van der Waals surface area contributed by atoms with Gasteiger partial charge >= 0.3 is 5.97 Å². The molecule has 0 bridgehead atoms. The molecule has 0 aromatic rings. The minimum Gasteiger partial charge on any atom is -0.404 e. The van der Waals surface area contributed by atoms with Crippen LogP contribution >= 0.6 is 0 Å². The first-order valence-electron chi connectivity index (χ1n) is 3.38. The summed E-state index contributed by atoms with van der Waals surface area (Å²) >= 11 is 0. The highest BCUT2D eigenvalue weighted by molar-refractivity contribution is 6.34. The standard InChI is InChI=1S/C7H14O4Si/c1-5-12-11-6-7(8-2,9-3)10-4/h5H,1,6H2,2-4H3. The van der Waals surface area contributed by atoms with Gasteiger partial charge in [0.2, 0.25) is 0 Å². The van der Waals surface area contributed by atoms with Gasteiger partial charge in [-0.25, -0.2) is 0 Å². The maximum atomic E-state index is 5.16. The van der Waals surface area contributed by atoms with E-state index in [2.05, 4.69) is 6.58 Å². The Kier molecular flexibility index (Phi) is 6.22. The third-order valence-electron chi connectivity index (χ3n) is 1.35. The number of hydrogen-bond acceptors (Lipinski definition) is 4. The zero-order valence-electron chi connectivity index (χ0n) is 7.62. The number of ether oxygens (including phenoxy) is 3. The van der Waals surface area contributed by atoms with Gasteiger partial charge < -0.3 is 18.6 Å². The van der Waals surface area contributed by atoms with Gasteiger partial charge in [0.15, 0.2) is 0 Å². The molecule has 0 atom stereocenters. The second-order valence-electron chi connectivity index (χ2n) is 1.91. The van der Waals surface area contributed by atoms with Gasteiger partial charge in [0, 0.05) is 21.3 Å². The van der Waals surface area contributed by atoms with Crippen molar-refractivity contribution in [3.05, 3.63) is 12.3 Å². The van der Waals surface area contributed by atoms with Crippen LogP contribution in [0.1, 0.15) is 0 Å². The number of methoxy groups -OCH3 is 3. The molecule has 0 aliphatic carbocycles. The van der Waals surface area contributed by atoms with Crippen LogP contribution in [0.3, 0.4) is 0 Å². The zero-order chi connectivity index (χ0) is 9.45. The molecule has 0 saturated heterocycles. The van der Waals surface area contributed by atoms with Gasteiger partial charge in [-0.2, -0.15) is 0 Å². The average Bonchev–Trinajstić information content (AvgIpc) is 2.14. The molecule has 0 aliphatic rings. The van der Waals surface area contributed by atoms with Crippen LogP contribution in [-0.2, 0) is 18.6 Å². The molecule has 12 heavy (non-hydrogen) atoms. The molecule has 0 spiro atoms. The summed E-state index contributed by atoms with van der Waals surface area (Å²) in [5.41, 5.74) is 1.67. The van der Waals surface area contributed by atoms with Gasteiger partial charge in [0.05, 0.1) is 0 Å². The summed E-state index contributed by atoms with van der Waals surface area (Å²) in [6.07, 6.45) is 0. The van der Waals surface area contributed by atoms with E-state index >= 15 is 0 Å². The minimum absolute atomic E-state index is 0.221. The third kappa shape index (κ3) is 3.46. The Labute approximate surface area is 75.4 Å². The predicted octanol–water partition coefficient (Wildman–Crippen LogP) is 0.359. The summed E-state index contributed by atoms with van der Waals surface area (Å²) in [7, 11) is 4.70. The van der Waals surface area contributed by atoms with Crippen LogP contribution in [-0.4, -0.2) is 43.7 Å². The van der Waals surface area contributed by atoms with Crippen LogP contribution in [0.15, 0.2) is 12.3 Å². The van der Waals surface area contributed by atoms with Crippen molar-refractivity contribution in [2.75, 3.05) is 27.9 Å². The molecule has 0 aromatic heterocycles. The molecule has 0 fully saturated rings. The fraction of sp³-hybridized carbons (Fsp3) is 0.714. The van der Waals surface area contributed by atoms with Crippen molar-refractivity contribution in [1.29, 1.82) is 0 Å². The van der Waals surface area contributed by atoms with Crippen molar-refractivity contribution in [1.82, 2.24) is 0 Å². The van der Waals surface area contributed by atoms with Crippen LogP contribution in [0.2, 0.25) is 0 Å². The molecular weight excluding hydrogens is 176 g/mol. The second kappa shape index (κ2) is 6.33. The highest BCUT2D eigenvalue weighted by Gasteiger charge is 2.29. The van der Waals surface area contributed by atoms with Gasteiger partial charge in [-0.15, -0.1) is 6.58 Å². The molecule has 4 nitrogen and oxygen atoms in total. The fourth-order valence-corrected chi connectivity index (χ4v) is 0.994. The largest absolute Gasteiger partial charge is 0.404 e. The van der Waals surface area contributed by atoms with Crippen LogP contribution in [0.5, 0.6) is 0 Å². The van der Waals surface area contributed by atoms with Crippen molar-refractivity contribution in [3.63, 3.8) is 0 Å². The molecule has 0 amide bonds. The molecule has 70 valence electrons. The third-order valence-corrected chi connectivity index (χ3v) is 1.83. The van der Waals surface area contributed by atoms with E-state index in [-0.39, 0.29) is 16.4 Å². The van der Waals surface area contributed by atoms with Crippen molar-refractivity contribution >= 4 is 9.76 Å². The molecule has 0 saturated carbocycles. The second-order valence-corrected chi connectivity index (χ2v) is 2.84. The molecule has 0 rings (SSSR count). The Balaban J connectivity index is 3.84. The first-order valence-corrected chi connectivity index (χ1v) is 4.37. The van der Waals surface area contributed by atoms with Gasteiger partial charge in [0.25, 0.3) is 9.76 Å². The fourth-order valence-electron chi connectivity index (χ4n) is 0.616. The Morgan fingerprint density at radius 1 is 1.25 bits per heavy atom. The molecular formula is C7H14O4Si. The SMILES string of the molecule is C=C[Si]OCC(OC)(OC)OC. The van der Waals surface area contributed by atoms with Crippen molar-refractivity contribution < 1.29 is 18.6 Å². The lowest BCUT2D eigenvalue weighted by Gasteiger charge is -2.27. The van der Waals surface area contributed by atoms with E-state index in [1.165, 1.54) is 21.3 Å². The van der Waals surface area contributed by atoms with Crippen molar-refractivity contribution in [3.8, 4) is 0 Å². The molecule has 0 aromatic carbocycles. The smallest absolute Gasteiger partial charge is 0.305 e. The summed E-state index contributed by atoms with van der Waals surface area (Å²) in [4.78, 5) is 0. The van der Waals surface area contributed by atoms with Gasteiger partial charge in [0.1, 0.15) is 6.61 Å². The monoisotopic (exact) mass is 190 g/mol. The Hall–Kier alpha value is -0.203. The first-order chi connectivity index (χ1) is 5.74. The van der Waals surface area contributed by atoms with Gasteiger partial charge in [-0.1, -0.05) is 5.70 Å². The lowest BCUT2D eigenvalue weighted by atomic mass is 10.6. The maximum absolute atomic E-state index is 5.16. The average molecular weight is 190 g/mol. The predicted molar refractivity (Wildman–Crippen MR) is 45.7 cm³/mol. The highest BCUT2D eigenvalue weighted by atomic mass is 28.2. The molecule has 2 radical (unpaired) electrons. The minimum atomic E-state index is -1.09. The van der Waals surface area contributed by atoms with E-state index < -0.39 is 5.97 Å². The van der Waals surface area contributed by atoms with Crippen LogP contribution in [0.25, 0.3) is 0 Å². The van der Waals surface area contributed by atoms with Crippen molar-refractivity contribution in [2.45, 2.75) is 5.97 Å². The maximum Gasteiger partial charge on any atom is 0.305 e. The zero-order valence-corrected chi connectivity index (χ0v) is 8.62. The van der Waals surface area contributed by atoms with E-state index in [9.17, 15) is 0 Å². The highest BCUT2D eigenvalue weighted by Crippen LogP contribution is 2.11. The summed E-state index contributed by atoms with van der Waals surface area (Å²) in [6, 6.07) is 0. The lowest BCUT2D eigenvalue weighted by Crippen LogP contribution is -2.41. The van der Waals surface area contributed by atoms with E-state index in [1.54, 1.807) is 5.70 Å². The van der Waals surface area contributed by atoms with Crippen LogP contribution < -0.4 is 0 Å².